The predicted octanol–water partition coefficient (Wildman–Crippen LogP) is 3.18. The van der Waals surface area contributed by atoms with Crippen molar-refractivity contribution in [1.29, 1.82) is 0 Å². The highest BCUT2D eigenvalue weighted by atomic mass is 32.2. The lowest BCUT2D eigenvalue weighted by Crippen LogP contribution is -2.51. The Labute approximate surface area is 196 Å². The van der Waals surface area contributed by atoms with Crippen LogP contribution in [0.3, 0.4) is 0 Å². The molecule has 0 radical (unpaired) electrons. The van der Waals surface area contributed by atoms with Gasteiger partial charge in [0.2, 0.25) is 5.91 Å². The molecule has 9 heteroatoms. The normalized spacial score (nSPS) is 17.7. The molecule has 0 saturated carbocycles. The molecule has 2 saturated heterocycles. The van der Waals surface area contributed by atoms with E-state index in [1.54, 1.807) is 30.0 Å². The summed E-state index contributed by atoms with van der Waals surface area (Å²) in [5.74, 6) is -0.594. The zero-order valence-corrected chi connectivity index (χ0v) is 19.1. The number of anilines is 1. The zero-order chi connectivity index (χ0) is 23.4. The van der Waals surface area contributed by atoms with E-state index in [0.29, 0.717) is 44.1 Å². The molecule has 4 rings (SSSR count). The minimum absolute atomic E-state index is 0.0986. The van der Waals surface area contributed by atoms with Crippen molar-refractivity contribution in [3.63, 3.8) is 0 Å². The number of imide groups is 1. The number of nitrogens with zero attached hydrogens (tertiary/aromatic N) is 3. The molecule has 1 N–H and O–H groups in total. The average molecular weight is 468 g/mol. The molecule has 2 aliphatic heterocycles. The number of para-hydroxylation sites is 2. The van der Waals surface area contributed by atoms with Gasteiger partial charge in [-0.25, -0.2) is 0 Å². The first-order chi connectivity index (χ1) is 16.0. The molecule has 8 nitrogen and oxygen atoms in total. The molecule has 2 fully saturated rings. The van der Waals surface area contributed by atoms with Gasteiger partial charge in [-0.05, 0) is 43.0 Å². The van der Waals surface area contributed by atoms with Gasteiger partial charge in [0.15, 0.2) is 11.5 Å². The third kappa shape index (κ3) is 4.98. The molecule has 172 valence electrons. The smallest absolute Gasteiger partial charge is 0.294 e. The van der Waals surface area contributed by atoms with Crippen LogP contribution in [0.15, 0.2) is 53.4 Å². The topological polar surface area (TPSA) is 90.4 Å². The fraction of sp³-hybridized carbons (Fsp3) is 0.292. The highest BCUT2D eigenvalue weighted by Crippen LogP contribution is 2.36. The van der Waals surface area contributed by atoms with Crippen LogP contribution in [-0.2, 0) is 9.59 Å². The van der Waals surface area contributed by atoms with E-state index in [4.69, 9.17) is 4.74 Å². The third-order valence-corrected chi connectivity index (χ3v) is 6.44. The molecule has 2 aromatic rings. The Balaban J connectivity index is 1.39. The van der Waals surface area contributed by atoms with Crippen LogP contribution in [0.2, 0.25) is 0 Å². The second-order valence-electron chi connectivity index (χ2n) is 7.60. The SMILES string of the molecule is CCOc1cccc(/C=C2\SC(=O)N(CC(=O)N3CCN(c4ccccc4)CC3)C2=O)c1O. The number of phenols is 1. The Morgan fingerprint density at radius 2 is 1.79 bits per heavy atom. The van der Waals surface area contributed by atoms with Crippen LogP contribution in [0, 0.1) is 0 Å². The van der Waals surface area contributed by atoms with Gasteiger partial charge >= 0.3 is 0 Å². The minimum Gasteiger partial charge on any atom is -0.504 e. The van der Waals surface area contributed by atoms with Gasteiger partial charge in [-0.15, -0.1) is 0 Å². The summed E-state index contributed by atoms with van der Waals surface area (Å²) in [6.07, 6.45) is 1.45. The van der Waals surface area contributed by atoms with Crippen molar-refractivity contribution in [2.24, 2.45) is 0 Å². The number of rotatable bonds is 6. The van der Waals surface area contributed by atoms with Crippen LogP contribution in [0.1, 0.15) is 12.5 Å². The number of hydrogen-bond acceptors (Lipinski definition) is 7. The highest BCUT2D eigenvalue weighted by molar-refractivity contribution is 8.18. The molecule has 33 heavy (non-hydrogen) atoms. The number of piperazine rings is 1. The maximum atomic E-state index is 12.8. The van der Waals surface area contributed by atoms with E-state index in [1.807, 2.05) is 30.3 Å². The van der Waals surface area contributed by atoms with Crippen LogP contribution in [0.5, 0.6) is 11.5 Å². The van der Waals surface area contributed by atoms with Crippen molar-refractivity contribution >= 4 is 40.6 Å². The molecular formula is C24H25N3O5S. The lowest BCUT2D eigenvalue weighted by atomic mass is 10.1. The number of amides is 3. The van der Waals surface area contributed by atoms with E-state index in [2.05, 4.69) is 4.90 Å². The number of thioether (sulfide) groups is 1. The number of hydrogen-bond donors (Lipinski definition) is 1. The van der Waals surface area contributed by atoms with E-state index in [-0.39, 0.29) is 23.1 Å². The largest absolute Gasteiger partial charge is 0.504 e. The van der Waals surface area contributed by atoms with Gasteiger partial charge in [-0.1, -0.05) is 30.3 Å². The number of ether oxygens (including phenoxy) is 1. The van der Waals surface area contributed by atoms with E-state index < -0.39 is 11.1 Å². The second-order valence-corrected chi connectivity index (χ2v) is 8.59. The molecular weight excluding hydrogens is 442 g/mol. The number of carbonyl (C=O) groups is 3. The number of aromatic hydroxyl groups is 1. The van der Waals surface area contributed by atoms with Crippen molar-refractivity contribution in [2.75, 3.05) is 44.2 Å². The lowest BCUT2D eigenvalue weighted by molar-refractivity contribution is -0.136. The Kier molecular flexibility index (Phi) is 6.88. The van der Waals surface area contributed by atoms with E-state index in [9.17, 15) is 19.5 Å². The maximum absolute atomic E-state index is 12.8. The van der Waals surface area contributed by atoms with Gasteiger partial charge < -0.3 is 19.6 Å². The van der Waals surface area contributed by atoms with Gasteiger partial charge in [0.05, 0.1) is 11.5 Å². The van der Waals surface area contributed by atoms with Gasteiger partial charge in [0.25, 0.3) is 11.1 Å². The van der Waals surface area contributed by atoms with Crippen molar-refractivity contribution in [3.05, 3.63) is 59.0 Å². The van der Waals surface area contributed by atoms with Gasteiger partial charge in [-0.2, -0.15) is 0 Å². The van der Waals surface area contributed by atoms with Crippen molar-refractivity contribution in [1.82, 2.24) is 9.80 Å². The quantitative estimate of drug-likeness (QED) is 0.653. The highest BCUT2D eigenvalue weighted by Gasteiger charge is 2.37. The summed E-state index contributed by atoms with van der Waals surface area (Å²) in [5.41, 5.74) is 1.48. The first kappa shape index (κ1) is 22.7. The minimum atomic E-state index is -0.539. The molecule has 0 bridgehead atoms. The molecule has 2 aromatic carbocycles. The molecule has 0 atom stereocenters. The van der Waals surface area contributed by atoms with Gasteiger partial charge in [0, 0.05) is 37.4 Å². The van der Waals surface area contributed by atoms with Crippen LogP contribution in [0.4, 0.5) is 10.5 Å². The molecule has 3 amide bonds. The number of phenolic OH excluding ortho intramolecular Hbond substituents is 1. The van der Waals surface area contributed by atoms with E-state index in [0.717, 1.165) is 22.3 Å². The Morgan fingerprint density at radius 3 is 2.48 bits per heavy atom. The number of benzene rings is 2. The van der Waals surface area contributed by atoms with Crippen LogP contribution in [0.25, 0.3) is 6.08 Å². The van der Waals surface area contributed by atoms with E-state index >= 15 is 0 Å². The summed E-state index contributed by atoms with van der Waals surface area (Å²) in [6, 6.07) is 14.9. The molecule has 0 aromatic heterocycles. The predicted molar refractivity (Wildman–Crippen MR) is 127 cm³/mol. The second kappa shape index (κ2) is 9.99. The summed E-state index contributed by atoms with van der Waals surface area (Å²) in [4.78, 5) is 43.1. The summed E-state index contributed by atoms with van der Waals surface area (Å²) in [6.45, 7) is 4.32. The first-order valence-electron chi connectivity index (χ1n) is 10.8. The molecule has 0 spiro atoms. The van der Waals surface area contributed by atoms with Crippen LogP contribution >= 0.6 is 11.8 Å². The van der Waals surface area contributed by atoms with Crippen molar-refractivity contribution < 1.29 is 24.2 Å². The Morgan fingerprint density at radius 1 is 1.06 bits per heavy atom. The zero-order valence-electron chi connectivity index (χ0n) is 18.3. The monoisotopic (exact) mass is 467 g/mol. The molecule has 0 unspecified atom stereocenters. The molecule has 0 aliphatic carbocycles. The van der Waals surface area contributed by atoms with Crippen LogP contribution < -0.4 is 9.64 Å². The summed E-state index contributed by atoms with van der Waals surface area (Å²) < 4.78 is 5.36. The number of carbonyl (C=O) groups excluding carboxylic acids is 3. The Bertz CT molecular complexity index is 1080. The average Bonchev–Trinajstić information content (AvgIpc) is 3.09. The van der Waals surface area contributed by atoms with Crippen molar-refractivity contribution in [3.8, 4) is 11.5 Å². The fourth-order valence-corrected chi connectivity index (χ4v) is 4.62. The van der Waals surface area contributed by atoms with Gasteiger partial charge in [0.1, 0.15) is 6.54 Å². The molecule has 2 heterocycles. The van der Waals surface area contributed by atoms with Crippen LogP contribution in [-0.4, -0.2) is 71.3 Å². The lowest BCUT2D eigenvalue weighted by Gasteiger charge is -2.36. The molecule has 2 aliphatic rings. The summed E-state index contributed by atoms with van der Waals surface area (Å²) in [5, 5.41) is 9.87. The maximum Gasteiger partial charge on any atom is 0.294 e. The third-order valence-electron chi connectivity index (χ3n) is 5.54. The van der Waals surface area contributed by atoms with Gasteiger partial charge in [-0.3, -0.25) is 19.3 Å². The summed E-state index contributed by atoms with van der Waals surface area (Å²) >= 11 is 0.758. The first-order valence-corrected chi connectivity index (χ1v) is 11.6. The Hall–Kier alpha value is -3.46. The van der Waals surface area contributed by atoms with Crippen molar-refractivity contribution in [2.45, 2.75) is 6.92 Å². The van der Waals surface area contributed by atoms with E-state index in [1.165, 1.54) is 6.08 Å². The fourth-order valence-electron chi connectivity index (χ4n) is 3.79. The summed E-state index contributed by atoms with van der Waals surface area (Å²) in [7, 11) is 0. The standard InChI is InChI=1S/C24H25N3O5S/c1-2-32-19-10-6-7-17(22(19)29)15-20-23(30)27(24(31)33-20)16-21(28)26-13-11-25(12-14-26)18-8-4-3-5-9-18/h3-10,15,29H,2,11-14,16H2,1H3/b20-15-.